The van der Waals surface area contributed by atoms with E-state index in [1.54, 1.807) is 11.3 Å². The molecule has 1 amide bonds. The molecule has 1 aliphatic heterocycles. The Labute approximate surface area is 190 Å². The van der Waals surface area contributed by atoms with E-state index >= 15 is 0 Å². The molecule has 1 fully saturated rings. The number of hydrogen-bond donors (Lipinski definition) is 1. The summed E-state index contributed by atoms with van der Waals surface area (Å²) >= 11 is 7.99. The number of anilines is 1. The molecule has 0 atom stereocenters. The smallest absolute Gasteiger partial charge is 0.254 e. The molecule has 0 bridgehead atoms. The Kier molecular flexibility index (Phi) is 5.42. The van der Waals surface area contributed by atoms with Gasteiger partial charge >= 0.3 is 0 Å². The molecule has 1 N–H and O–H groups in total. The first-order valence-electron chi connectivity index (χ1n) is 10.3. The molecule has 4 heterocycles. The third kappa shape index (κ3) is 3.93. The van der Waals surface area contributed by atoms with E-state index in [1.807, 2.05) is 70.6 Å². The predicted molar refractivity (Wildman–Crippen MR) is 128 cm³/mol. The molecule has 1 aliphatic rings. The van der Waals surface area contributed by atoms with E-state index in [0.717, 1.165) is 59.7 Å². The Balaban J connectivity index is 1.38. The van der Waals surface area contributed by atoms with Gasteiger partial charge in [-0.05, 0) is 35.8 Å². The van der Waals surface area contributed by atoms with Crippen LogP contribution in [0.4, 0.5) is 5.82 Å². The third-order valence-corrected chi connectivity index (χ3v) is 6.71. The van der Waals surface area contributed by atoms with Crippen molar-refractivity contribution in [2.24, 2.45) is 0 Å². The first-order valence-corrected chi connectivity index (χ1v) is 11.6. The van der Waals surface area contributed by atoms with Crippen molar-refractivity contribution in [2.45, 2.75) is 18.9 Å². The number of benzene rings is 1. The number of nitrogens with one attached hydrogen (secondary N) is 1. The zero-order valence-electron chi connectivity index (χ0n) is 17.1. The summed E-state index contributed by atoms with van der Waals surface area (Å²) in [5.41, 5.74) is 4.31. The zero-order valence-corrected chi connectivity index (χ0v) is 18.7. The van der Waals surface area contributed by atoms with Crippen molar-refractivity contribution in [3.05, 3.63) is 63.9 Å². The number of likely N-dealkylation sites (tertiary alicyclic amines) is 1. The van der Waals surface area contributed by atoms with Crippen molar-refractivity contribution in [1.82, 2.24) is 19.5 Å². The van der Waals surface area contributed by atoms with Gasteiger partial charge in [-0.2, -0.15) is 21.0 Å². The summed E-state index contributed by atoms with van der Waals surface area (Å²) in [6.45, 7) is 1.46. The van der Waals surface area contributed by atoms with Gasteiger partial charge < -0.3 is 10.2 Å². The highest BCUT2D eigenvalue weighted by atomic mass is 35.5. The second-order valence-corrected chi connectivity index (χ2v) is 8.98. The molecule has 1 aromatic carbocycles. The lowest BCUT2D eigenvalue weighted by Gasteiger charge is -2.32. The number of thiophene rings is 1. The van der Waals surface area contributed by atoms with Crippen LogP contribution in [0, 0.1) is 0 Å². The number of rotatable bonds is 4. The van der Waals surface area contributed by atoms with Crippen molar-refractivity contribution in [3.63, 3.8) is 0 Å². The third-order valence-electron chi connectivity index (χ3n) is 5.70. The van der Waals surface area contributed by atoms with Crippen LogP contribution < -0.4 is 10.8 Å². The van der Waals surface area contributed by atoms with Gasteiger partial charge in [0.25, 0.3) is 5.91 Å². The van der Waals surface area contributed by atoms with E-state index in [4.69, 9.17) is 16.6 Å². The van der Waals surface area contributed by atoms with Crippen LogP contribution in [0.1, 0.15) is 23.2 Å². The number of halogens is 1. The topological polar surface area (TPSA) is 62.5 Å². The summed E-state index contributed by atoms with van der Waals surface area (Å²) in [5.74, 6) is 1.00. The zero-order chi connectivity index (χ0) is 21.4. The second-order valence-electron chi connectivity index (χ2n) is 7.79. The van der Waals surface area contributed by atoms with E-state index in [2.05, 4.69) is 10.4 Å². The number of nitrogens with zero attached hydrogens (tertiary/aromatic N) is 4. The van der Waals surface area contributed by atoms with Crippen LogP contribution in [0.3, 0.4) is 0 Å². The average Bonchev–Trinajstić information content (AvgIpc) is 3.45. The minimum atomic E-state index is 0.120. The molecular formula is C22H21BClN5OS. The number of hydrogen-bond acceptors (Lipinski definition) is 5. The summed E-state index contributed by atoms with van der Waals surface area (Å²) in [6.07, 6.45) is 3.58. The first-order chi connectivity index (χ1) is 15.1. The van der Waals surface area contributed by atoms with Crippen LogP contribution in [-0.4, -0.2) is 52.4 Å². The molecule has 1 saturated heterocycles. The minimum Gasteiger partial charge on any atom is -0.367 e. The molecule has 31 heavy (non-hydrogen) atoms. The van der Waals surface area contributed by atoms with Gasteiger partial charge in [-0.3, -0.25) is 4.79 Å². The fourth-order valence-corrected chi connectivity index (χ4v) is 4.85. The number of amides is 1. The quantitative estimate of drug-likeness (QED) is 0.486. The highest BCUT2D eigenvalue weighted by Crippen LogP contribution is 2.29. The van der Waals surface area contributed by atoms with Crippen molar-refractivity contribution in [1.29, 1.82) is 0 Å². The summed E-state index contributed by atoms with van der Waals surface area (Å²) in [4.78, 5) is 19.4. The van der Waals surface area contributed by atoms with Gasteiger partial charge in [-0.1, -0.05) is 29.8 Å². The van der Waals surface area contributed by atoms with Crippen LogP contribution in [-0.2, 0) is 0 Å². The molecule has 0 aliphatic carbocycles. The van der Waals surface area contributed by atoms with Gasteiger partial charge in [0.15, 0.2) is 5.65 Å². The number of piperidine rings is 1. The Morgan fingerprint density at radius 3 is 2.77 bits per heavy atom. The lowest BCUT2D eigenvalue weighted by molar-refractivity contribution is 0.0719. The Morgan fingerprint density at radius 1 is 1.23 bits per heavy atom. The average molecular weight is 450 g/mol. The van der Waals surface area contributed by atoms with Gasteiger partial charge in [-0.25, -0.2) is 4.98 Å². The van der Waals surface area contributed by atoms with Gasteiger partial charge in [-0.15, -0.1) is 0 Å². The fraction of sp³-hybridized carbons (Fsp3) is 0.227. The number of carbonyl (C=O) groups is 1. The van der Waals surface area contributed by atoms with E-state index in [0.29, 0.717) is 5.02 Å². The Bertz CT molecular complexity index is 1230. The lowest BCUT2D eigenvalue weighted by Crippen LogP contribution is -2.42. The van der Waals surface area contributed by atoms with Crippen molar-refractivity contribution >= 4 is 53.6 Å². The maximum absolute atomic E-state index is 12.6. The van der Waals surface area contributed by atoms with Crippen molar-refractivity contribution < 1.29 is 4.79 Å². The van der Waals surface area contributed by atoms with Crippen molar-refractivity contribution in [3.8, 4) is 11.3 Å². The van der Waals surface area contributed by atoms with Gasteiger partial charge in [0, 0.05) is 47.4 Å². The molecule has 0 saturated carbocycles. The standard InChI is InChI=1S/C22H21BClN5OS/c23-17-12-25-29-20(11-19(27-21(17)29)16-3-1-2-4-18(16)24)26-15-5-8-28(9-6-15)22(30)14-7-10-31-13-14/h1-4,7,10-13,15,26H,5-6,8-9,23H2. The molecule has 0 unspecified atom stereocenters. The van der Waals surface area contributed by atoms with Crippen LogP contribution >= 0.6 is 22.9 Å². The van der Waals surface area contributed by atoms with E-state index in [1.165, 1.54) is 0 Å². The monoisotopic (exact) mass is 449 g/mol. The summed E-state index contributed by atoms with van der Waals surface area (Å²) in [5, 5.41) is 12.7. The number of aromatic nitrogens is 3. The Morgan fingerprint density at radius 2 is 2.03 bits per heavy atom. The number of fused-ring (bicyclic) bond motifs is 1. The predicted octanol–water partition coefficient (Wildman–Crippen LogP) is 3.09. The van der Waals surface area contributed by atoms with Crippen LogP contribution in [0.2, 0.25) is 5.02 Å². The number of carbonyl (C=O) groups excluding carboxylic acids is 1. The molecule has 0 radical (unpaired) electrons. The molecule has 6 nitrogen and oxygen atoms in total. The molecular weight excluding hydrogens is 429 g/mol. The fourth-order valence-electron chi connectivity index (χ4n) is 3.99. The van der Waals surface area contributed by atoms with E-state index in [9.17, 15) is 4.79 Å². The summed E-state index contributed by atoms with van der Waals surface area (Å²) in [6, 6.07) is 11.9. The molecule has 4 aromatic rings. The highest BCUT2D eigenvalue weighted by Gasteiger charge is 2.25. The van der Waals surface area contributed by atoms with Crippen molar-refractivity contribution in [2.75, 3.05) is 18.4 Å². The first kappa shape index (κ1) is 20.1. The SMILES string of the molecule is Bc1cnn2c(NC3CCN(C(=O)c4ccsc4)CC3)cc(-c3ccccc3Cl)nc12. The maximum atomic E-state index is 12.6. The van der Waals surface area contributed by atoms with E-state index < -0.39 is 0 Å². The Hall–Kier alpha value is -2.84. The van der Waals surface area contributed by atoms with Gasteiger partial charge in [0.1, 0.15) is 13.7 Å². The largest absolute Gasteiger partial charge is 0.367 e. The van der Waals surface area contributed by atoms with E-state index in [-0.39, 0.29) is 11.9 Å². The second kappa shape index (κ2) is 8.36. The van der Waals surface area contributed by atoms with Gasteiger partial charge in [0.05, 0.1) is 11.3 Å². The lowest BCUT2D eigenvalue weighted by atomic mass is 10.0. The minimum absolute atomic E-state index is 0.120. The summed E-state index contributed by atoms with van der Waals surface area (Å²) in [7, 11) is 2.00. The van der Waals surface area contributed by atoms with Crippen LogP contribution in [0.5, 0.6) is 0 Å². The molecule has 9 heteroatoms. The molecule has 3 aromatic heterocycles. The molecule has 0 spiro atoms. The molecule has 156 valence electrons. The highest BCUT2D eigenvalue weighted by molar-refractivity contribution is 7.08. The maximum Gasteiger partial charge on any atom is 0.254 e. The van der Waals surface area contributed by atoms with Crippen LogP contribution in [0.15, 0.2) is 53.4 Å². The molecule has 5 rings (SSSR count). The van der Waals surface area contributed by atoms with Crippen LogP contribution in [0.25, 0.3) is 16.9 Å². The van der Waals surface area contributed by atoms with Gasteiger partial charge in [0.2, 0.25) is 0 Å². The normalized spacial score (nSPS) is 14.8. The summed E-state index contributed by atoms with van der Waals surface area (Å²) < 4.78 is 1.85.